The molecule has 4 rings (SSSR count). The number of rotatable bonds is 6. The van der Waals surface area contributed by atoms with Gasteiger partial charge < -0.3 is 19.9 Å². The molecule has 2 aromatic carbocycles. The largest absolute Gasteiger partial charge is 0.508 e. The number of methoxy groups -OCH3 is 1. The number of carbonyl (C=O) groups is 2. The van der Waals surface area contributed by atoms with Gasteiger partial charge in [-0.25, -0.2) is 4.79 Å². The molecule has 0 saturated carbocycles. The van der Waals surface area contributed by atoms with Crippen LogP contribution in [-0.2, 0) is 14.3 Å². The van der Waals surface area contributed by atoms with E-state index in [1.165, 1.54) is 0 Å². The minimum atomic E-state index is -0.544. The third kappa shape index (κ3) is 4.58. The maximum atomic E-state index is 13.6. The molecule has 34 heavy (non-hydrogen) atoms. The van der Waals surface area contributed by atoms with Crippen LogP contribution in [0, 0.1) is 0 Å². The number of nitrogens with one attached hydrogen (secondary N) is 1. The first kappa shape index (κ1) is 23.6. The standard InChI is InChI=1S/C28H31NO5/c1-5-16(2)34-28(32)25-17(3)29-23-14-20(18-8-12-22(33-4)13-9-18)15-24(31)27(23)26(25)19-6-10-21(30)11-7-19/h6-13,16,20,26,29-30H,5,14-15H2,1-4H3/t16-,20+,26-/m0/s1. The Labute approximate surface area is 200 Å². The molecule has 6 nitrogen and oxygen atoms in total. The smallest absolute Gasteiger partial charge is 0.337 e. The normalized spacial score (nSPS) is 21.0. The van der Waals surface area contributed by atoms with Crippen LogP contribution < -0.4 is 10.1 Å². The highest BCUT2D eigenvalue weighted by molar-refractivity contribution is 6.04. The third-order valence-electron chi connectivity index (χ3n) is 6.74. The minimum absolute atomic E-state index is 0.00832. The molecule has 0 fully saturated rings. The second kappa shape index (κ2) is 9.75. The van der Waals surface area contributed by atoms with Crippen LogP contribution in [0.15, 0.2) is 71.1 Å². The molecule has 178 valence electrons. The third-order valence-corrected chi connectivity index (χ3v) is 6.74. The number of hydrogen-bond donors (Lipinski definition) is 2. The van der Waals surface area contributed by atoms with Gasteiger partial charge in [-0.1, -0.05) is 31.2 Å². The van der Waals surface area contributed by atoms with E-state index in [9.17, 15) is 14.7 Å². The van der Waals surface area contributed by atoms with Crippen molar-refractivity contribution in [2.24, 2.45) is 0 Å². The second-order valence-corrected chi connectivity index (χ2v) is 9.01. The zero-order valence-electron chi connectivity index (χ0n) is 20.1. The molecule has 3 atom stereocenters. The van der Waals surface area contributed by atoms with Gasteiger partial charge in [0.15, 0.2) is 5.78 Å². The highest BCUT2D eigenvalue weighted by Gasteiger charge is 2.41. The lowest BCUT2D eigenvalue weighted by Gasteiger charge is -2.37. The molecular formula is C28H31NO5. The predicted molar refractivity (Wildman–Crippen MR) is 130 cm³/mol. The number of allylic oxidation sites excluding steroid dienone is 3. The highest BCUT2D eigenvalue weighted by Crippen LogP contribution is 2.46. The fourth-order valence-corrected chi connectivity index (χ4v) is 4.75. The van der Waals surface area contributed by atoms with Crippen LogP contribution in [0.4, 0.5) is 0 Å². The van der Waals surface area contributed by atoms with Crippen molar-refractivity contribution in [3.8, 4) is 11.5 Å². The summed E-state index contributed by atoms with van der Waals surface area (Å²) in [6, 6.07) is 14.5. The van der Waals surface area contributed by atoms with Crippen LogP contribution in [0.2, 0.25) is 0 Å². The number of dihydropyridines is 1. The molecule has 1 aliphatic heterocycles. The average molecular weight is 462 g/mol. The summed E-state index contributed by atoms with van der Waals surface area (Å²) < 4.78 is 10.9. The van der Waals surface area contributed by atoms with Gasteiger partial charge in [0.25, 0.3) is 0 Å². The van der Waals surface area contributed by atoms with Crippen molar-refractivity contribution in [1.82, 2.24) is 5.32 Å². The number of phenols is 1. The van der Waals surface area contributed by atoms with Crippen LogP contribution in [0.5, 0.6) is 11.5 Å². The van der Waals surface area contributed by atoms with E-state index in [1.807, 2.05) is 45.0 Å². The first-order valence-corrected chi connectivity index (χ1v) is 11.7. The molecule has 0 amide bonds. The van der Waals surface area contributed by atoms with E-state index in [2.05, 4.69) is 5.32 Å². The topological polar surface area (TPSA) is 84.9 Å². The highest BCUT2D eigenvalue weighted by atomic mass is 16.5. The monoisotopic (exact) mass is 461 g/mol. The number of benzene rings is 2. The lowest BCUT2D eigenvalue weighted by atomic mass is 9.71. The quantitative estimate of drug-likeness (QED) is 0.582. The maximum absolute atomic E-state index is 13.6. The Kier molecular flexibility index (Phi) is 6.77. The summed E-state index contributed by atoms with van der Waals surface area (Å²) in [6.45, 7) is 5.67. The Hall–Kier alpha value is -3.54. The second-order valence-electron chi connectivity index (χ2n) is 9.01. The molecule has 1 heterocycles. The minimum Gasteiger partial charge on any atom is -0.508 e. The Morgan fingerprint density at radius 3 is 2.35 bits per heavy atom. The molecule has 0 spiro atoms. The maximum Gasteiger partial charge on any atom is 0.337 e. The van der Waals surface area contributed by atoms with Crippen molar-refractivity contribution in [1.29, 1.82) is 0 Å². The summed E-state index contributed by atoms with van der Waals surface area (Å²) in [5.74, 6) is -0.0182. The van der Waals surface area contributed by atoms with E-state index < -0.39 is 11.9 Å². The zero-order chi connectivity index (χ0) is 24.4. The van der Waals surface area contributed by atoms with Gasteiger partial charge in [-0.3, -0.25) is 4.79 Å². The van der Waals surface area contributed by atoms with Gasteiger partial charge in [0, 0.05) is 29.3 Å². The van der Waals surface area contributed by atoms with Crippen molar-refractivity contribution in [3.63, 3.8) is 0 Å². The summed E-state index contributed by atoms with van der Waals surface area (Å²) in [5.41, 5.74) is 4.44. The molecule has 6 heteroatoms. The molecule has 1 aliphatic carbocycles. The molecule has 2 aromatic rings. The lowest BCUT2D eigenvalue weighted by Crippen LogP contribution is -2.36. The van der Waals surface area contributed by atoms with E-state index >= 15 is 0 Å². The molecule has 0 radical (unpaired) electrons. The van der Waals surface area contributed by atoms with Gasteiger partial charge in [-0.15, -0.1) is 0 Å². The Morgan fingerprint density at radius 2 is 1.74 bits per heavy atom. The van der Waals surface area contributed by atoms with E-state index in [0.29, 0.717) is 36.1 Å². The van der Waals surface area contributed by atoms with Gasteiger partial charge in [-0.05, 0) is 68.0 Å². The number of ketones is 1. The van der Waals surface area contributed by atoms with E-state index in [1.54, 1.807) is 31.4 Å². The van der Waals surface area contributed by atoms with Gasteiger partial charge in [0.1, 0.15) is 11.5 Å². The summed E-state index contributed by atoms with van der Waals surface area (Å²) in [7, 11) is 1.63. The van der Waals surface area contributed by atoms with Gasteiger partial charge in [0.2, 0.25) is 0 Å². The van der Waals surface area contributed by atoms with Gasteiger partial charge in [-0.2, -0.15) is 0 Å². The fraction of sp³-hybridized carbons (Fsp3) is 0.357. The number of Topliss-reactive ketones (excluding diaryl/α,β-unsaturated/α-hetero) is 1. The summed E-state index contributed by atoms with van der Waals surface area (Å²) in [4.78, 5) is 26.8. The number of aromatic hydroxyl groups is 1. The van der Waals surface area contributed by atoms with Crippen molar-refractivity contribution < 1.29 is 24.2 Å². The van der Waals surface area contributed by atoms with Crippen LogP contribution in [-0.4, -0.2) is 30.1 Å². The van der Waals surface area contributed by atoms with Crippen molar-refractivity contribution in [2.45, 2.75) is 58.0 Å². The first-order valence-electron chi connectivity index (χ1n) is 11.7. The molecule has 2 N–H and O–H groups in total. The average Bonchev–Trinajstić information content (AvgIpc) is 2.83. The molecule has 0 unspecified atom stereocenters. The fourth-order valence-electron chi connectivity index (χ4n) is 4.75. The molecule has 0 aromatic heterocycles. The summed E-state index contributed by atoms with van der Waals surface area (Å²) >= 11 is 0. The predicted octanol–water partition coefficient (Wildman–Crippen LogP) is 5.10. The number of carbonyl (C=O) groups excluding carboxylic acids is 2. The van der Waals surface area contributed by atoms with Gasteiger partial charge in [0.05, 0.1) is 18.8 Å². The Bertz CT molecular complexity index is 1140. The molecular weight excluding hydrogens is 430 g/mol. The Morgan fingerprint density at radius 1 is 1.09 bits per heavy atom. The summed E-state index contributed by atoms with van der Waals surface area (Å²) in [5, 5.41) is 13.2. The van der Waals surface area contributed by atoms with E-state index in [0.717, 1.165) is 22.6 Å². The van der Waals surface area contributed by atoms with Crippen LogP contribution in [0.1, 0.15) is 63.0 Å². The van der Waals surface area contributed by atoms with Crippen molar-refractivity contribution >= 4 is 11.8 Å². The van der Waals surface area contributed by atoms with E-state index in [-0.39, 0.29) is 23.6 Å². The van der Waals surface area contributed by atoms with Crippen LogP contribution >= 0.6 is 0 Å². The molecule has 2 aliphatic rings. The van der Waals surface area contributed by atoms with E-state index in [4.69, 9.17) is 9.47 Å². The van der Waals surface area contributed by atoms with Gasteiger partial charge >= 0.3 is 5.97 Å². The molecule has 0 saturated heterocycles. The molecule has 0 bridgehead atoms. The zero-order valence-corrected chi connectivity index (χ0v) is 20.1. The SMILES string of the molecule is CC[C@H](C)OC(=O)C1=C(C)NC2=C(C(=O)C[C@H](c3ccc(OC)cc3)C2)[C@H]1c1ccc(O)cc1. The Balaban J connectivity index is 1.75. The number of hydrogen-bond acceptors (Lipinski definition) is 6. The number of esters is 1. The first-order chi connectivity index (χ1) is 16.3. The lowest BCUT2D eigenvalue weighted by molar-refractivity contribution is -0.144. The summed E-state index contributed by atoms with van der Waals surface area (Å²) in [6.07, 6.45) is 1.48. The van der Waals surface area contributed by atoms with Crippen LogP contribution in [0.3, 0.4) is 0 Å². The number of phenolic OH excluding ortho intramolecular Hbond substituents is 1. The van der Waals surface area contributed by atoms with Crippen molar-refractivity contribution in [3.05, 3.63) is 82.2 Å². The van der Waals surface area contributed by atoms with Crippen molar-refractivity contribution in [2.75, 3.05) is 7.11 Å². The number of ether oxygens (including phenoxy) is 2. The van der Waals surface area contributed by atoms with Crippen LogP contribution in [0.25, 0.3) is 0 Å².